The van der Waals surface area contributed by atoms with Gasteiger partial charge in [0.1, 0.15) is 18.3 Å². The molecule has 0 aromatic heterocycles. The van der Waals surface area contributed by atoms with Crippen molar-refractivity contribution in [2.45, 2.75) is 52.2 Å². The van der Waals surface area contributed by atoms with Gasteiger partial charge in [0.15, 0.2) is 0 Å². The molecule has 10 heteroatoms. The minimum absolute atomic E-state index is 0.0511. The summed E-state index contributed by atoms with van der Waals surface area (Å²) in [4.78, 5) is 29.4. The fourth-order valence-electron chi connectivity index (χ4n) is 4.36. The Morgan fingerprint density at radius 1 is 0.951 bits per heavy atom. The normalized spacial score (nSPS) is 12.7. The summed E-state index contributed by atoms with van der Waals surface area (Å²) in [5.74, 6) is -0.522. The summed E-state index contributed by atoms with van der Waals surface area (Å²) in [7, 11) is -3.91. The Bertz CT molecular complexity index is 1420. The molecular weight excluding hydrogens is 562 g/mol. The maximum absolute atomic E-state index is 14.2. The average Bonchev–Trinajstić information content (AvgIpc) is 2.94. The number of hydrogen-bond acceptors (Lipinski definition) is 5. The highest BCUT2D eigenvalue weighted by Crippen LogP contribution is 2.30. The van der Waals surface area contributed by atoms with Gasteiger partial charge in [0.05, 0.1) is 18.6 Å². The average molecular weight is 600 g/mol. The van der Waals surface area contributed by atoms with Crippen molar-refractivity contribution < 1.29 is 22.7 Å². The van der Waals surface area contributed by atoms with Gasteiger partial charge >= 0.3 is 0 Å². The number of hydrogen-bond donors (Lipinski definition) is 1. The second kappa shape index (κ2) is 14.9. The lowest BCUT2D eigenvalue weighted by Crippen LogP contribution is -2.54. The van der Waals surface area contributed by atoms with Gasteiger partial charge < -0.3 is 15.0 Å². The minimum atomic E-state index is -3.91. The molecule has 220 valence electrons. The Balaban J connectivity index is 2.09. The second-order valence-corrected chi connectivity index (χ2v) is 12.2. The number of benzene rings is 3. The largest absolute Gasteiger partial charge is 0.492 e. The third kappa shape index (κ3) is 9.23. The number of carbonyl (C=O) groups is 2. The molecule has 0 saturated heterocycles. The van der Waals surface area contributed by atoms with E-state index in [0.717, 1.165) is 16.1 Å². The van der Waals surface area contributed by atoms with Crippen molar-refractivity contribution in [3.63, 3.8) is 0 Å². The van der Waals surface area contributed by atoms with Crippen LogP contribution in [-0.4, -0.2) is 56.6 Å². The smallest absolute Gasteiger partial charge is 0.244 e. The monoisotopic (exact) mass is 599 g/mol. The molecule has 0 aliphatic rings. The van der Waals surface area contributed by atoms with E-state index in [1.54, 1.807) is 49.4 Å². The Labute approximate surface area is 248 Å². The molecular formula is C31H38ClN3O5S. The van der Waals surface area contributed by atoms with Crippen LogP contribution in [0.5, 0.6) is 5.75 Å². The highest BCUT2D eigenvalue weighted by Gasteiger charge is 2.34. The number of anilines is 1. The van der Waals surface area contributed by atoms with Crippen LogP contribution < -0.4 is 14.4 Å². The number of nitrogens with zero attached hydrogens (tertiary/aromatic N) is 2. The van der Waals surface area contributed by atoms with Gasteiger partial charge in [-0.2, -0.15) is 0 Å². The van der Waals surface area contributed by atoms with Gasteiger partial charge in [-0.05, 0) is 55.7 Å². The summed E-state index contributed by atoms with van der Waals surface area (Å²) in [6.07, 6.45) is 1.99. The Morgan fingerprint density at radius 3 is 2.24 bits per heavy atom. The van der Waals surface area contributed by atoms with Crippen LogP contribution in [0.15, 0.2) is 78.9 Å². The third-order valence-corrected chi connectivity index (χ3v) is 7.99. The number of ether oxygens (including phenoxy) is 1. The maximum Gasteiger partial charge on any atom is 0.244 e. The Kier molecular flexibility index (Phi) is 11.6. The van der Waals surface area contributed by atoms with Crippen LogP contribution in [0.3, 0.4) is 0 Å². The number of rotatable bonds is 14. The molecule has 3 aromatic carbocycles. The molecule has 8 nitrogen and oxygen atoms in total. The molecule has 0 bridgehead atoms. The first kappa shape index (κ1) is 32.0. The fraction of sp³-hybridized carbons (Fsp3) is 0.355. The molecule has 0 saturated carbocycles. The number of amides is 2. The van der Waals surface area contributed by atoms with Gasteiger partial charge in [-0.1, -0.05) is 73.1 Å². The highest BCUT2D eigenvalue weighted by molar-refractivity contribution is 7.92. The van der Waals surface area contributed by atoms with Crippen LogP contribution in [0.25, 0.3) is 0 Å². The predicted molar refractivity (Wildman–Crippen MR) is 164 cm³/mol. The standard InChI is InChI=1S/C31H38ClN3O5S/c1-5-23(3)33-31(37)28(20-24-13-8-7-9-14-24)34(21-25-15-12-16-26(32)19-25)30(36)22-35(41(4,38)39)27-17-10-11-18-29(27)40-6-2/h7-19,23,28H,5-6,20-22H2,1-4H3,(H,33,37). The van der Waals surface area contributed by atoms with Gasteiger partial charge in [-0.3, -0.25) is 13.9 Å². The minimum Gasteiger partial charge on any atom is -0.492 e. The maximum atomic E-state index is 14.2. The molecule has 3 rings (SSSR count). The van der Waals surface area contributed by atoms with Gasteiger partial charge in [-0.25, -0.2) is 8.42 Å². The molecule has 0 aliphatic carbocycles. The lowest BCUT2D eigenvalue weighted by molar-refractivity contribution is -0.140. The summed E-state index contributed by atoms with van der Waals surface area (Å²) < 4.78 is 32.8. The number of para-hydroxylation sites is 2. The zero-order chi connectivity index (χ0) is 30.0. The predicted octanol–water partition coefficient (Wildman–Crippen LogP) is 5.06. The quantitative estimate of drug-likeness (QED) is 0.279. The van der Waals surface area contributed by atoms with Crippen molar-refractivity contribution in [2.24, 2.45) is 0 Å². The summed E-state index contributed by atoms with van der Waals surface area (Å²) in [6, 6.07) is 22.1. The molecule has 0 radical (unpaired) electrons. The zero-order valence-corrected chi connectivity index (χ0v) is 25.5. The first-order valence-corrected chi connectivity index (χ1v) is 15.8. The molecule has 0 fully saturated rings. The Hall–Kier alpha value is -3.56. The SMILES string of the molecule is CCOc1ccccc1N(CC(=O)N(Cc1cccc(Cl)c1)C(Cc1ccccc1)C(=O)NC(C)CC)S(C)(=O)=O. The van der Waals surface area contributed by atoms with Crippen molar-refractivity contribution in [1.29, 1.82) is 0 Å². The molecule has 2 atom stereocenters. The van der Waals surface area contributed by atoms with E-state index in [1.165, 1.54) is 4.90 Å². The van der Waals surface area contributed by atoms with Crippen molar-refractivity contribution in [2.75, 3.05) is 23.7 Å². The van der Waals surface area contributed by atoms with E-state index < -0.39 is 28.5 Å². The Morgan fingerprint density at radius 2 is 1.61 bits per heavy atom. The van der Waals surface area contributed by atoms with E-state index in [-0.39, 0.29) is 30.6 Å². The molecule has 2 amide bonds. The van der Waals surface area contributed by atoms with E-state index in [4.69, 9.17) is 16.3 Å². The summed E-state index contributed by atoms with van der Waals surface area (Å²) >= 11 is 6.25. The van der Waals surface area contributed by atoms with E-state index in [0.29, 0.717) is 29.4 Å². The van der Waals surface area contributed by atoms with Crippen LogP contribution in [0.2, 0.25) is 5.02 Å². The summed E-state index contributed by atoms with van der Waals surface area (Å²) in [5, 5.41) is 3.50. The topological polar surface area (TPSA) is 96.0 Å². The first-order chi connectivity index (χ1) is 19.5. The second-order valence-electron chi connectivity index (χ2n) is 9.85. The lowest BCUT2D eigenvalue weighted by Gasteiger charge is -2.34. The molecule has 1 N–H and O–H groups in total. The van der Waals surface area contributed by atoms with Gasteiger partial charge in [-0.15, -0.1) is 0 Å². The van der Waals surface area contributed by atoms with Gasteiger partial charge in [0.2, 0.25) is 21.8 Å². The van der Waals surface area contributed by atoms with Crippen molar-refractivity contribution in [3.05, 3.63) is 95.0 Å². The van der Waals surface area contributed by atoms with Crippen LogP contribution in [0.4, 0.5) is 5.69 Å². The number of sulfonamides is 1. The van der Waals surface area contributed by atoms with E-state index in [2.05, 4.69) is 5.32 Å². The van der Waals surface area contributed by atoms with Crippen LogP contribution in [0, 0.1) is 0 Å². The molecule has 2 unspecified atom stereocenters. The van der Waals surface area contributed by atoms with Crippen LogP contribution in [-0.2, 0) is 32.6 Å². The van der Waals surface area contributed by atoms with Crippen LogP contribution >= 0.6 is 11.6 Å². The lowest BCUT2D eigenvalue weighted by atomic mass is 10.0. The van der Waals surface area contributed by atoms with Crippen LogP contribution in [0.1, 0.15) is 38.3 Å². The molecule has 0 aliphatic heterocycles. The summed E-state index contributed by atoms with van der Waals surface area (Å²) in [6.45, 7) is 5.51. The fourth-order valence-corrected chi connectivity index (χ4v) is 5.43. The molecule has 0 spiro atoms. The first-order valence-electron chi connectivity index (χ1n) is 13.6. The summed E-state index contributed by atoms with van der Waals surface area (Å²) in [5.41, 5.74) is 1.82. The number of carbonyl (C=O) groups excluding carboxylic acids is 2. The van der Waals surface area contributed by atoms with E-state index >= 15 is 0 Å². The third-order valence-electron chi connectivity index (χ3n) is 6.63. The van der Waals surface area contributed by atoms with Crippen molar-refractivity contribution in [1.82, 2.24) is 10.2 Å². The van der Waals surface area contributed by atoms with Crippen molar-refractivity contribution in [3.8, 4) is 5.75 Å². The number of nitrogens with one attached hydrogen (secondary N) is 1. The molecule has 3 aromatic rings. The van der Waals surface area contributed by atoms with Gasteiger partial charge in [0.25, 0.3) is 0 Å². The molecule has 41 heavy (non-hydrogen) atoms. The van der Waals surface area contributed by atoms with E-state index in [9.17, 15) is 18.0 Å². The molecule has 0 heterocycles. The highest BCUT2D eigenvalue weighted by atomic mass is 35.5. The van der Waals surface area contributed by atoms with Crippen molar-refractivity contribution >= 4 is 39.1 Å². The van der Waals surface area contributed by atoms with E-state index in [1.807, 2.05) is 50.2 Å². The van der Waals surface area contributed by atoms with Gasteiger partial charge in [0, 0.05) is 24.0 Å². The number of halogens is 1. The zero-order valence-electron chi connectivity index (χ0n) is 23.9.